The van der Waals surface area contributed by atoms with Crippen LogP contribution in [0.3, 0.4) is 0 Å². The number of rotatable bonds is 5. The summed E-state index contributed by atoms with van der Waals surface area (Å²) in [6.07, 6.45) is 4.58. The van der Waals surface area contributed by atoms with Crippen molar-refractivity contribution in [3.05, 3.63) is 24.2 Å². The van der Waals surface area contributed by atoms with E-state index >= 15 is 0 Å². The molecule has 1 aliphatic heterocycles. The summed E-state index contributed by atoms with van der Waals surface area (Å²) in [5.74, 6) is 0.514. The second kappa shape index (κ2) is 6.87. The maximum atomic E-state index is 12.7. The fourth-order valence-corrected chi connectivity index (χ4v) is 3.45. The molecule has 25 heavy (non-hydrogen) atoms. The number of carbonyl (C=O) groups is 3. The first-order chi connectivity index (χ1) is 11.9. The van der Waals surface area contributed by atoms with Crippen LogP contribution in [0.2, 0.25) is 0 Å². The molecule has 1 saturated carbocycles. The van der Waals surface area contributed by atoms with Gasteiger partial charge < -0.3 is 9.73 Å². The van der Waals surface area contributed by atoms with Gasteiger partial charge in [-0.15, -0.1) is 0 Å². The summed E-state index contributed by atoms with van der Waals surface area (Å²) >= 11 is 0. The van der Waals surface area contributed by atoms with Gasteiger partial charge in [-0.3, -0.25) is 19.9 Å². The van der Waals surface area contributed by atoms with Crippen molar-refractivity contribution < 1.29 is 18.8 Å². The van der Waals surface area contributed by atoms with Crippen LogP contribution >= 0.6 is 0 Å². The Morgan fingerprint density at radius 3 is 2.80 bits per heavy atom. The van der Waals surface area contributed by atoms with E-state index in [-0.39, 0.29) is 12.5 Å². The second-order valence-corrected chi connectivity index (χ2v) is 7.12. The van der Waals surface area contributed by atoms with Crippen molar-refractivity contribution >= 4 is 17.8 Å². The topological polar surface area (TPSA) is 94.9 Å². The molecule has 8 heteroatoms. The number of carbonyl (C=O) groups excluding carboxylic acids is 3. The van der Waals surface area contributed by atoms with E-state index in [4.69, 9.17) is 4.42 Å². The van der Waals surface area contributed by atoms with Gasteiger partial charge in [-0.05, 0) is 50.8 Å². The van der Waals surface area contributed by atoms with Gasteiger partial charge in [-0.1, -0.05) is 6.92 Å². The largest absolute Gasteiger partial charge is 0.468 e. The quantitative estimate of drug-likeness (QED) is 0.781. The van der Waals surface area contributed by atoms with E-state index in [1.165, 1.54) is 0 Å². The molecule has 1 aliphatic carbocycles. The van der Waals surface area contributed by atoms with Gasteiger partial charge >= 0.3 is 6.03 Å². The molecule has 3 rings (SSSR count). The van der Waals surface area contributed by atoms with Crippen molar-refractivity contribution in [1.82, 2.24) is 20.7 Å². The highest BCUT2D eigenvalue weighted by atomic mass is 16.3. The third-order valence-corrected chi connectivity index (χ3v) is 4.95. The molecule has 1 aromatic heterocycles. The molecule has 1 aromatic rings. The van der Waals surface area contributed by atoms with Gasteiger partial charge in [-0.2, -0.15) is 5.01 Å². The molecular formula is C17H24N4O4. The van der Waals surface area contributed by atoms with Crippen LogP contribution in [0.4, 0.5) is 4.79 Å². The van der Waals surface area contributed by atoms with E-state index in [0.29, 0.717) is 25.3 Å². The van der Waals surface area contributed by atoms with E-state index in [9.17, 15) is 14.4 Å². The lowest BCUT2D eigenvalue weighted by Crippen LogP contribution is -2.52. The number of hydrazine groups is 1. The fourth-order valence-electron chi connectivity index (χ4n) is 3.45. The summed E-state index contributed by atoms with van der Waals surface area (Å²) in [6, 6.07) is 3.04. The van der Waals surface area contributed by atoms with Crippen molar-refractivity contribution in [2.24, 2.45) is 5.92 Å². The average Bonchev–Trinajstić information content (AvgIpc) is 3.13. The van der Waals surface area contributed by atoms with Crippen molar-refractivity contribution in [1.29, 1.82) is 0 Å². The standard InChI is InChI=1S/C17H24N4O4/c1-12-5-7-17(8-6-12)15(23)21(16(24)18-17)19-14(22)11-20(2)10-13-4-3-9-25-13/h3-4,9,12H,5-8,10-11H2,1-2H3,(H,18,24)(H,19,22). The molecule has 2 N–H and O–H groups in total. The first kappa shape index (κ1) is 17.5. The molecule has 0 bridgehead atoms. The number of likely N-dealkylation sites (N-methyl/N-ethyl adjacent to an activating group) is 1. The Kier molecular flexibility index (Phi) is 4.80. The first-order valence-corrected chi connectivity index (χ1v) is 8.57. The highest BCUT2D eigenvalue weighted by Crippen LogP contribution is 2.35. The van der Waals surface area contributed by atoms with Crippen LogP contribution in [0.5, 0.6) is 0 Å². The number of imide groups is 1. The van der Waals surface area contributed by atoms with Crippen LogP contribution in [0.15, 0.2) is 22.8 Å². The molecule has 2 aliphatic rings. The Balaban J connectivity index is 1.56. The maximum Gasteiger partial charge on any atom is 0.344 e. The van der Waals surface area contributed by atoms with Crippen molar-refractivity contribution in [2.45, 2.75) is 44.7 Å². The van der Waals surface area contributed by atoms with Gasteiger partial charge in [0.15, 0.2) is 0 Å². The van der Waals surface area contributed by atoms with Gasteiger partial charge in [0.05, 0.1) is 19.4 Å². The number of urea groups is 1. The lowest BCUT2D eigenvalue weighted by Gasteiger charge is -2.33. The Labute approximate surface area is 146 Å². The molecule has 4 amide bonds. The molecule has 2 heterocycles. The molecule has 1 spiro atoms. The van der Waals surface area contributed by atoms with E-state index in [1.54, 1.807) is 24.3 Å². The first-order valence-electron chi connectivity index (χ1n) is 8.57. The molecule has 2 fully saturated rings. The Morgan fingerprint density at radius 2 is 2.16 bits per heavy atom. The van der Waals surface area contributed by atoms with Crippen molar-refractivity contribution in [3.8, 4) is 0 Å². The minimum atomic E-state index is -0.850. The maximum absolute atomic E-state index is 12.7. The van der Waals surface area contributed by atoms with Gasteiger partial charge in [0.25, 0.3) is 11.8 Å². The number of nitrogens with one attached hydrogen (secondary N) is 2. The van der Waals surface area contributed by atoms with E-state index in [0.717, 1.165) is 23.6 Å². The summed E-state index contributed by atoms with van der Waals surface area (Å²) in [7, 11) is 1.76. The smallest absolute Gasteiger partial charge is 0.344 e. The molecule has 0 radical (unpaired) electrons. The molecule has 0 atom stereocenters. The lowest BCUT2D eigenvalue weighted by molar-refractivity contribution is -0.140. The van der Waals surface area contributed by atoms with Crippen LogP contribution in [-0.4, -0.2) is 46.9 Å². The molecule has 8 nitrogen and oxygen atoms in total. The Hall–Kier alpha value is -2.35. The lowest BCUT2D eigenvalue weighted by atomic mass is 9.77. The predicted molar refractivity (Wildman–Crippen MR) is 88.9 cm³/mol. The molecule has 0 aromatic carbocycles. The fraction of sp³-hybridized carbons (Fsp3) is 0.588. The minimum absolute atomic E-state index is 0.0434. The highest BCUT2D eigenvalue weighted by molar-refractivity contribution is 6.08. The van der Waals surface area contributed by atoms with Crippen LogP contribution in [0, 0.1) is 5.92 Å². The van der Waals surface area contributed by atoms with Crippen molar-refractivity contribution in [3.63, 3.8) is 0 Å². The SMILES string of the molecule is CC1CCC2(CC1)NC(=O)N(NC(=O)CN(C)Cc1ccco1)C2=O. The average molecular weight is 348 g/mol. The summed E-state index contributed by atoms with van der Waals surface area (Å²) in [5.41, 5.74) is 1.58. The van der Waals surface area contributed by atoms with Gasteiger partial charge in [-0.25, -0.2) is 4.79 Å². The predicted octanol–water partition coefficient (Wildman–Crippen LogP) is 1.24. The van der Waals surface area contributed by atoms with E-state index < -0.39 is 17.5 Å². The second-order valence-electron chi connectivity index (χ2n) is 7.12. The Morgan fingerprint density at radius 1 is 1.44 bits per heavy atom. The molecule has 0 unspecified atom stereocenters. The summed E-state index contributed by atoms with van der Waals surface area (Å²) in [6.45, 7) is 2.65. The minimum Gasteiger partial charge on any atom is -0.468 e. The highest BCUT2D eigenvalue weighted by Gasteiger charge is 2.52. The van der Waals surface area contributed by atoms with Gasteiger partial charge in [0, 0.05) is 0 Å². The summed E-state index contributed by atoms with van der Waals surface area (Å²) in [4.78, 5) is 38.8. The number of amides is 4. The van der Waals surface area contributed by atoms with E-state index in [1.807, 2.05) is 6.07 Å². The van der Waals surface area contributed by atoms with Crippen LogP contribution in [0.25, 0.3) is 0 Å². The Bertz CT molecular complexity index is 650. The number of hydrogen-bond acceptors (Lipinski definition) is 5. The zero-order valence-corrected chi connectivity index (χ0v) is 14.6. The summed E-state index contributed by atoms with van der Waals surface area (Å²) < 4.78 is 5.24. The molecule has 136 valence electrons. The normalized spacial score (nSPS) is 26.4. The van der Waals surface area contributed by atoms with Crippen LogP contribution in [-0.2, 0) is 16.1 Å². The zero-order valence-electron chi connectivity index (χ0n) is 14.6. The number of nitrogens with zero attached hydrogens (tertiary/aromatic N) is 2. The summed E-state index contributed by atoms with van der Waals surface area (Å²) in [5, 5.41) is 3.61. The molecule has 1 saturated heterocycles. The van der Waals surface area contributed by atoms with Crippen LogP contribution < -0.4 is 10.7 Å². The van der Waals surface area contributed by atoms with Crippen LogP contribution in [0.1, 0.15) is 38.4 Å². The van der Waals surface area contributed by atoms with E-state index in [2.05, 4.69) is 17.7 Å². The van der Waals surface area contributed by atoms with Crippen molar-refractivity contribution in [2.75, 3.05) is 13.6 Å². The number of furan rings is 1. The third kappa shape index (κ3) is 3.68. The van der Waals surface area contributed by atoms with Gasteiger partial charge in [0.1, 0.15) is 11.3 Å². The molecular weight excluding hydrogens is 324 g/mol. The third-order valence-electron chi connectivity index (χ3n) is 4.95. The number of hydrogen-bond donors (Lipinski definition) is 2. The zero-order chi connectivity index (χ0) is 18.0. The van der Waals surface area contributed by atoms with Gasteiger partial charge in [0.2, 0.25) is 0 Å². The monoisotopic (exact) mass is 348 g/mol.